The molecule has 0 bridgehead atoms. The molecule has 3 rings (SSSR count). The van der Waals surface area contributed by atoms with Crippen molar-refractivity contribution in [2.24, 2.45) is 5.92 Å². The van der Waals surface area contributed by atoms with Crippen LogP contribution in [0.1, 0.15) is 32.9 Å². The molecule has 0 radical (unpaired) electrons. The first-order valence-corrected chi connectivity index (χ1v) is 8.80. The Bertz CT molecular complexity index is 660. The third kappa shape index (κ3) is 3.90. The Morgan fingerprint density at radius 1 is 1.25 bits per heavy atom. The molecule has 5 heteroatoms. The summed E-state index contributed by atoms with van der Waals surface area (Å²) in [6.07, 6.45) is 5.57. The van der Waals surface area contributed by atoms with Gasteiger partial charge in [0.15, 0.2) is 5.82 Å². The third-order valence-corrected chi connectivity index (χ3v) is 4.33. The first-order valence-electron chi connectivity index (χ1n) is 8.80. The van der Waals surface area contributed by atoms with E-state index in [1.807, 2.05) is 12.1 Å². The maximum absolute atomic E-state index is 5.71. The summed E-state index contributed by atoms with van der Waals surface area (Å²) in [6, 6.07) is 6.43. The van der Waals surface area contributed by atoms with E-state index in [1.54, 1.807) is 12.4 Å². The lowest BCUT2D eigenvalue weighted by Crippen LogP contribution is -2.46. The molecule has 24 heavy (non-hydrogen) atoms. The van der Waals surface area contributed by atoms with Crippen molar-refractivity contribution < 1.29 is 4.74 Å². The minimum absolute atomic E-state index is 0.378. The third-order valence-electron chi connectivity index (χ3n) is 4.33. The molecule has 0 unspecified atom stereocenters. The van der Waals surface area contributed by atoms with Crippen molar-refractivity contribution in [1.82, 2.24) is 15.0 Å². The minimum atomic E-state index is 0.378. The number of pyridine rings is 1. The van der Waals surface area contributed by atoms with Crippen LogP contribution < -0.4 is 4.90 Å². The van der Waals surface area contributed by atoms with Crippen molar-refractivity contribution in [3.63, 3.8) is 0 Å². The van der Waals surface area contributed by atoms with Crippen molar-refractivity contribution in [3.8, 4) is 11.4 Å². The van der Waals surface area contributed by atoms with Crippen molar-refractivity contribution in [1.29, 1.82) is 0 Å². The summed E-state index contributed by atoms with van der Waals surface area (Å²) in [6.45, 7) is 9.05. The molecule has 3 heterocycles. The lowest BCUT2D eigenvalue weighted by molar-refractivity contribution is 0.0873. The van der Waals surface area contributed by atoms with E-state index in [-0.39, 0.29) is 0 Å². The van der Waals surface area contributed by atoms with Gasteiger partial charge in [-0.3, -0.25) is 4.98 Å². The van der Waals surface area contributed by atoms with E-state index in [9.17, 15) is 0 Å². The van der Waals surface area contributed by atoms with Crippen molar-refractivity contribution >= 4 is 5.82 Å². The van der Waals surface area contributed by atoms with Gasteiger partial charge in [-0.1, -0.05) is 20.8 Å². The Hall–Kier alpha value is -2.01. The van der Waals surface area contributed by atoms with Gasteiger partial charge in [0.05, 0.1) is 19.3 Å². The zero-order chi connectivity index (χ0) is 16.9. The van der Waals surface area contributed by atoms with E-state index < -0.39 is 0 Å². The van der Waals surface area contributed by atoms with E-state index >= 15 is 0 Å². The van der Waals surface area contributed by atoms with Gasteiger partial charge in [0, 0.05) is 36.3 Å². The molecular weight excluding hydrogens is 300 g/mol. The van der Waals surface area contributed by atoms with Crippen LogP contribution in [-0.2, 0) is 11.2 Å². The van der Waals surface area contributed by atoms with Gasteiger partial charge in [-0.2, -0.15) is 0 Å². The Balaban J connectivity index is 1.96. The largest absolute Gasteiger partial charge is 0.377 e. The molecule has 1 fully saturated rings. The quantitative estimate of drug-likeness (QED) is 0.843. The maximum atomic E-state index is 5.71. The summed E-state index contributed by atoms with van der Waals surface area (Å²) in [5, 5.41) is 0. The molecule has 128 valence electrons. The topological polar surface area (TPSA) is 51.1 Å². The zero-order valence-corrected chi connectivity index (χ0v) is 14.8. The maximum Gasteiger partial charge on any atom is 0.161 e. The second-order valence-electron chi connectivity index (χ2n) is 6.68. The van der Waals surface area contributed by atoms with Gasteiger partial charge in [-0.25, -0.2) is 9.97 Å². The second kappa shape index (κ2) is 7.71. The molecule has 0 aromatic carbocycles. The number of hydrogen-bond acceptors (Lipinski definition) is 5. The Kier molecular flexibility index (Phi) is 5.41. The normalized spacial score (nSPS) is 18.2. The van der Waals surface area contributed by atoms with Crippen LogP contribution in [0, 0.1) is 5.92 Å². The molecule has 0 saturated carbocycles. The van der Waals surface area contributed by atoms with Crippen LogP contribution >= 0.6 is 0 Å². The van der Waals surface area contributed by atoms with Crippen LogP contribution in [-0.4, -0.2) is 40.8 Å². The second-order valence-corrected chi connectivity index (χ2v) is 6.68. The zero-order valence-electron chi connectivity index (χ0n) is 14.8. The van der Waals surface area contributed by atoms with Crippen molar-refractivity contribution in [3.05, 3.63) is 36.3 Å². The summed E-state index contributed by atoms with van der Waals surface area (Å²) in [7, 11) is 0. The fourth-order valence-corrected chi connectivity index (χ4v) is 3.14. The van der Waals surface area contributed by atoms with Gasteiger partial charge in [0.2, 0.25) is 0 Å². The Morgan fingerprint density at radius 2 is 2.04 bits per heavy atom. The smallest absolute Gasteiger partial charge is 0.161 e. The molecular formula is C19H26N4O. The number of aryl methyl sites for hydroxylation is 1. The van der Waals surface area contributed by atoms with Gasteiger partial charge in [-0.15, -0.1) is 0 Å². The van der Waals surface area contributed by atoms with Crippen LogP contribution in [0.25, 0.3) is 11.4 Å². The van der Waals surface area contributed by atoms with Crippen LogP contribution in [0.5, 0.6) is 0 Å². The van der Waals surface area contributed by atoms with E-state index in [0.29, 0.717) is 12.0 Å². The average Bonchev–Trinajstić information content (AvgIpc) is 2.62. The molecule has 0 spiro atoms. The van der Waals surface area contributed by atoms with Gasteiger partial charge in [0.1, 0.15) is 5.82 Å². The summed E-state index contributed by atoms with van der Waals surface area (Å²) < 4.78 is 5.71. The highest BCUT2D eigenvalue weighted by molar-refractivity contribution is 5.57. The Labute approximate surface area is 144 Å². The predicted molar refractivity (Wildman–Crippen MR) is 96.0 cm³/mol. The van der Waals surface area contributed by atoms with Crippen LogP contribution in [0.15, 0.2) is 30.6 Å². The lowest BCUT2D eigenvalue weighted by atomic mass is 10.0. The molecule has 1 atom stereocenters. The number of ether oxygens (including phenoxy) is 1. The number of morpholine rings is 1. The highest BCUT2D eigenvalue weighted by Gasteiger charge is 2.25. The first kappa shape index (κ1) is 16.8. The van der Waals surface area contributed by atoms with E-state index in [1.165, 1.54) is 0 Å². The molecule has 5 nitrogen and oxygen atoms in total. The van der Waals surface area contributed by atoms with E-state index in [0.717, 1.165) is 55.5 Å². The molecule has 0 amide bonds. The predicted octanol–water partition coefficient (Wildman–Crippen LogP) is 3.35. The molecule has 1 aliphatic heterocycles. The molecule has 2 aromatic rings. The molecule has 2 aromatic heterocycles. The molecule has 0 aliphatic carbocycles. The van der Waals surface area contributed by atoms with Crippen LogP contribution in [0.4, 0.5) is 5.82 Å². The highest BCUT2D eigenvalue weighted by atomic mass is 16.5. The number of aromatic nitrogens is 3. The van der Waals surface area contributed by atoms with E-state index in [4.69, 9.17) is 14.7 Å². The van der Waals surface area contributed by atoms with Gasteiger partial charge in [-0.05, 0) is 30.9 Å². The van der Waals surface area contributed by atoms with Gasteiger partial charge >= 0.3 is 0 Å². The number of hydrogen-bond donors (Lipinski definition) is 0. The first-order chi connectivity index (χ1) is 11.7. The van der Waals surface area contributed by atoms with Crippen LogP contribution in [0.3, 0.4) is 0 Å². The molecule has 1 aliphatic rings. The van der Waals surface area contributed by atoms with Crippen LogP contribution in [0.2, 0.25) is 0 Å². The number of anilines is 1. The average molecular weight is 326 g/mol. The summed E-state index contributed by atoms with van der Waals surface area (Å²) in [4.78, 5) is 16.1. The molecule has 1 saturated heterocycles. The number of nitrogens with zero attached hydrogens (tertiary/aromatic N) is 4. The summed E-state index contributed by atoms with van der Waals surface area (Å²) in [5.41, 5.74) is 2.08. The number of rotatable bonds is 5. The highest BCUT2D eigenvalue weighted by Crippen LogP contribution is 2.25. The van der Waals surface area contributed by atoms with Gasteiger partial charge in [0.25, 0.3) is 0 Å². The minimum Gasteiger partial charge on any atom is -0.377 e. The summed E-state index contributed by atoms with van der Waals surface area (Å²) >= 11 is 0. The van der Waals surface area contributed by atoms with Gasteiger partial charge < -0.3 is 9.64 Å². The monoisotopic (exact) mass is 326 g/mol. The lowest BCUT2D eigenvalue weighted by Gasteiger charge is -2.37. The molecule has 0 N–H and O–H groups in total. The SMILES string of the molecule is CCc1cc(N2CCOC[C@H]2CC(C)C)nc(-c2ccncc2)n1. The summed E-state index contributed by atoms with van der Waals surface area (Å²) in [5.74, 6) is 2.43. The fraction of sp³-hybridized carbons (Fsp3) is 0.526. The fourth-order valence-electron chi connectivity index (χ4n) is 3.14. The van der Waals surface area contributed by atoms with Crippen molar-refractivity contribution in [2.75, 3.05) is 24.7 Å². The van der Waals surface area contributed by atoms with E-state index in [2.05, 4.69) is 36.7 Å². The van der Waals surface area contributed by atoms with Crippen molar-refractivity contribution in [2.45, 2.75) is 39.7 Å². The Morgan fingerprint density at radius 3 is 2.75 bits per heavy atom. The standard InChI is InChI=1S/C19H26N4O/c1-4-16-12-18(22-19(21-16)15-5-7-20-8-6-15)23-9-10-24-13-17(23)11-14(2)3/h5-8,12,14,17H,4,9-11,13H2,1-3H3/t17-/m1/s1.